The molecule has 1 atom stereocenters. The average Bonchev–Trinajstić information content (AvgIpc) is 2.82. The Morgan fingerprint density at radius 1 is 1.37 bits per heavy atom. The maximum atomic E-state index is 12.3. The average molecular weight is 257 g/mol. The number of nitrogens with two attached hydrogens (primary N) is 1. The van der Waals surface area contributed by atoms with Crippen LogP contribution in [0.3, 0.4) is 0 Å². The molecule has 0 spiro atoms. The first kappa shape index (κ1) is 13.5. The van der Waals surface area contributed by atoms with E-state index in [0.29, 0.717) is 12.8 Å². The molecular weight excluding hydrogens is 238 g/mol. The second-order valence-electron chi connectivity index (χ2n) is 5.01. The van der Waals surface area contributed by atoms with Crippen molar-refractivity contribution < 1.29 is 4.79 Å². The molecule has 2 N–H and O–H groups in total. The van der Waals surface area contributed by atoms with Gasteiger partial charge in [0.25, 0.3) is 0 Å². The second-order valence-corrected chi connectivity index (χ2v) is 5.01. The summed E-state index contributed by atoms with van der Waals surface area (Å²) in [5.74, 6) is 0.0440. The minimum atomic E-state index is -0.927. The van der Waals surface area contributed by atoms with Crippen molar-refractivity contribution in [1.82, 2.24) is 9.78 Å². The lowest BCUT2D eigenvalue weighted by molar-refractivity contribution is -0.123. The SMILES string of the molecule is Cn1cc(CCC(=O)C(C)(N)c2ccccc2)cn1. The van der Waals surface area contributed by atoms with E-state index in [0.717, 1.165) is 11.1 Å². The molecule has 1 heterocycles. The van der Waals surface area contributed by atoms with Crippen LogP contribution in [-0.4, -0.2) is 15.6 Å². The molecule has 0 aliphatic carbocycles. The molecule has 4 nitrogen and oxygen atoms in total. The maximum absolute atomic E-state index is 12.3. The Hall–Kier alpha value is -1.94. The summed E-state index contributed by atoms with van der Waals surface area (Å²) in [5, 5.41) is 4.09. The fourth-order valence-corrected chi connectivity index (χ4v) is 2.06. The quantitative estimate of drug-likeness (QED) is 0.888. The largest absolute Gasteiger partial charge is 0.315 e. The van der Waals surface area contributed by atoms with Crippen LogP contribution >= 0.6 is 0 Å². The van der Waals surface area contributed by atoms with Gasteiger partial charge in [0.15, 0.2) is 5.78 Å². The number of rotatable bonds is 5. The number of benzene rings is 1. The van der Waals surface area contributed by atoms with Gasteiger partial charge in [-0.15, -0.1) is 0 Å². The van der Waals surface area contributed by atoms with Crippen molar-refractivity contribution in [3.8, 4) is 0 Å². The van der Waals surface area contributed by atoms with Crippen molar-refractivity contribution in [3.05, 3.63) is 53.9 Å². The van der Waals surface area contributed by atoms with Crippen molar-refractivity contribution >= 4 is 5.78 Å². The molecule has 0 radical (unpaired) electrons. The monoisotopic (exact) mass is 257 g/mol. The Labute approximate surface area is 113 Å². The first-order chi connectivity index (χ1) is 9.00. The van der Waals surface area contributed by atoms with E-state index < -0.39 is 5.54 Å². The number of hydrogen-bond acceptors (Lipinski definition) is 3. The Morgan fingerprint density at radius 3 is 2.63 bits per heavy atom. The zero-order valence-corrected chi connectivity index (χ0v) is 11.3. The Bertz CT molecular complexity index is 558. The molecule has 2 aromatic rings. The molecule has 0 bridgehead atoms. The van der Waals surface area contributed by atoms with Gasteiger partial charge in [0.1, 0.15) is 0 Å². The van der Waals surface area contributed by atoms with E-state index >= 15 is 0 Å². The normalized spacial score (nSPS) is 14.1. The van der Waals surface area contributed by atoms with Crippen LogP contribution in [-0.2, 0) is 23.8 Å². The number of nitrogens with zero attached hydrogens (tertiary/aromatic N) is 2. The van der Waals surface area contributed by atoms with E-state index in [-0.39, 0.29) is 5.78 Å². The summed E-state index contributed by atoms with van der Waals surface area (Å²) >= 11 is 0. The minimum absolute atomic E-state index is 0.0440. The maximum Gasteiger partial charge on any atom is 0.157 e. The third kappa shape index (κ3) is 3.09. The third-order valence-electron chi connectivity index (χ3n) is 3.35. The summed E-state index contributed by atoms with van der Waals surface area (Å²) in [6, 6.07) is 9.49. The minimum Gasteiger partial charge on any atom is -0.315 e. The van der Waals surface area contributed by atoms with Crippen molar-refractivity contribution in [2.45, 2.75) is 25.3 Å². The zero-order valence-electron chi connectivity index (χ0n) is 11.3. The lowest BCUT2D eigenvalue weighted by Crippen LogP contribution is -2.41. The fourth-order valence-electron chi connectivity index (χ4n) is 2.06. The van der Waals surface area contributed by atoms with Gasteiger partial charge in [-0.25, -0.2) is 0 Å². The Kier molecular flexibility index (Phi) is 3.81. The number of aromatic nitrogens is 2. The van der Waals surface area contributed by atoms with Crippen LogP contribution in [0.1, 0.15) is 24.5 Å². The molecule has 0 fully saturated rings. The van der Waals surface area contributed by atoms with E-state index in [2.05, 4.69) is 5.10 Å². The molecule has 4 heteroatoms. The van der Waals surface area contributed by atoms with E-state index in [4.69, 9.17) is 5.73 Å². The number of aryl methyl sites for hydroxylation is 2. The molecule has 0 saturated heterocycles. The predicted octanol–water partition coefficient (Wildman–Crippen LogP) is 1.80. The fraction of sp³-hybridized carbons (Fsp3) is 0.333. The molecule has 19 heavy (non-hydrogen) atoms. The number of carbonyl (C=O) groups excluding carboxylic acids is 1. The third-order valence-corrected chi connectivity index (χ3v) is 3.35. The molecule has 0 aliphatic heterocycles. The Morgan fingerprint density at radius 2 is 2.05 bits per heavy atom. The van der Waals surface area contributed by atoms with Crippen molar-refractivity contribution in [2.24, 2.45) is 12.8 Å². The first-order valence-corrected chi connectivity index (χ1v) is 6.35. The first-order valence-electron chi connectivity index (χ1n) is 6.35. The van der Waals surface area contributed by atoms with Crippen molar-refractivity contribution in [2.75, 3.05) is 0 Å². The van der Waals surface area contributed by atoms with Crippen LogP contribution < -0.4 is 5.73 Å². The molecule has 1 unspecified atom stereocenters. The van der Waals surface area contributed by atoms with E-state index in [9.17, 15) is 4.79 Å². The van der Waals surface area contributed by atoms with Gasteiger partial charge < -0.3 is 5.73 Å². The highest BCUT2D eigenvalue weighted by molar-refractivity contribution is 5.89. The topological polar surface area (TPSA) is 60.9 Å². The number of carbonyl (C=O) groups is 1. The van der Waals surface area contributed by atoms with Crippen LogP contribution in [0.4, 0.5) is 0 Å². The summed E-state index contributed by atoms with van der Waals surface area (Å²) in [6.45, 7) is 1.77. The summed E-state index contributed by atoms with van der Waals surface area (Å²) in [7, 11) is 1.86. The Balaban J connectivity index is 2.03. The summed E-state index contributed by atoms with van der Waals surface area (Å²) in [5.41, 5.74) is 7.16. The van der Waals surface area contributed by atoms with Crippen LogP contribution in [0.15, 0.2) is 42.7 Å². The van der Waals surface area contributed by atoms with E-state index in [1.807, 2.05) is 43.6 Å². The summed E-state index contributed by atoms with van der Waals surface area (Å²) in [4.78, 5) is 12.3. The van der Waals surface area contributed by atoms with Crippen molar-refractivity contribution in [3.63, 3.8) is 0 Å². The van der Waals surface area contributed by atoms with E-state index in [1.54, 1.807) is 17.8 Å². The second kappa shape index (κ2) is 5.36. The molecule has 0 saturated carbocycles. The van der Waals surface area contributed by atoms with Gasteiger partial charge in [-0.1, -0.05) is 30.3 Å². The molecule has 0 amide bonds. The van der Waals surface area contributed by atoms with Crippen LogP contribution in [0.5, 0.6) is 0 Å². The van der Waals surface area contributed by atoms with E-state index in [1.165, 1.54) is 0 Å². The molecule has 100 valence electrons. The van der Waals surface area contributed by atoms with Gasteiger partial charge in [0.05, 0.1) is 11.7 Å². The molecule has 1 aromatic heterocycles. The van der Waals surface area contributed by atoms with Gasteiger partial charge in [0.2, 0.25) is 0 Å². The molecule has 2 rings (SSSR count). The van der Waals surface area contributed by atoms with Crippen LogP contribution in [0.25, 0.3) is 0 Å². The van der Waals surface area contributed by atoms with Gasteiger partial charge in [-0.2, -0.15) is 5.10 Å². The number of hydrogen-bond donors (Lipinski definition) is 1. The molecule has 0 aliphatic rings. The molecule has 1 aromatic carbocycles. The standard InChI is InChI=1S/C15H19N3O/c1-15(16,13-6-4-3-5-7-13)14(19)9-8-12-10-17-18(2)11-12/h3-7,10-11H,8-9,16H2,1-2H3. The zero-order chi connectivity index (χ0) is 13.9. The number of Topliss-reactive ketones (excluding diaryl/α,β-unsaturated/α-hetero) is 1. The molecular formula is C15H19N3O. The van der Waals surface area contributed by atoms with Gasteiger partial charge >= 0.3 is 0 Å². The highest BCUT2D eigenvalue weighted by atomic mass is 16.1. The van der Waals surface area contributed by atoms with Gasteiger partial charge in [-0.05, 0) is 24.5 Å². The highest BCUT2D eigenvalue weighted by Gasteiger charge is 2.29. The van der Waals surface area contributed by atoms with Crippen molar-refractivity contribution in [1.29, 1.82) is 0 Å². The smallest absolute Gasteiger partial charge is 0.157 e. The van der Waals surface area contributed by atoms with Gasteiger partial charge in [-0.3, -0.25) is 9.48 Å². The predicted molar refractivity (Wildman–Crippen MR) is 74.5 cm³/mol. The summed E-state index contributed by atoms with van der Waals surface area (Å²) < 4.78 is 1.73. The summed E-state index contributed by atoms with van der Waals surface area (Å²) in [6.07, 6.45) is 4.80. The van der Waals surface area contributed by atoms with Crippen LogP contribution in [0.2, 0.25) is 0 Å². The number of ketones is 1. The lowest BCUT2D eigenvalue weighted by Gasteiger charge is -2.23. The lowest BCUT2D eigenvalue weighted by atomic mass is 9.86. The van der Waals surface area contributed by atoms with Crippen LogP contribution in [0, 0.1) is 0 Å². The highest BCUT2D eigenvalue weighted by Crippen LogP contribution is 2.20. The van der Waals surface area contributed by atoms with Gasteiger partial charge in [0, 0.05) is 19.7 Å².